The molecular weight excluding hydrogens is 254 g/mol. The third-order valence-electron chi connectivity index (χ3n) is 3.50. The summed E-state index contributed by atoms with van der Waals surface area (Å²) in [5.74, 6) is 0.402. The summed E-state index contributed by atoms with van der Waals surface area (Å²) in [4.78, 5) is 16.0. The van der Waals surface area contributed by atoms with E-state index in [-0.39, 0.29) is 18.6 Å². The molecule has 0 saturated carbocycles. The zero-order valence-electron chi connectivity index (χ0n) is 12.6. The molecule has 5 nitrogen and oxygen atoms in total. The van der Waals surface area contributed by atoms with Gasteiger partial charge in [0.1, 0.15) is 0 Å². The lowest BCUT2D eigenvalue weighted by molar-refractivity contribution is -0.121. The fourth-order valence-corrected chi connectivity index (χ4v) is 2.23. The lowest BCUT2D eigenvalue weighted by Crippen LogP contribution is -2.27. The maximum absolute atomic E-state index is 11.9. The summed E-state index contributed by atoms with van der Waals surface area (Å²) in [7, 11) is 0. The number of aliphatic hydroxyl groups excluding tert-OH is 1. The van der Waals surface area contributed by atoms with Crippen LogP contribution in [0.2, 0.25) is 0 Å². The van der Waals surface area contributed by atoms with Gasteiger partial charge in [0.15, 0.2) is 0 Å². The number of nitrogens with zero attached hydrogens (tertiary/aromatic N) is 2. The van der Waals surface area contributed by atoms with Crippen LogP contribution >= 0.6 is 0 Å². The average Bonchev–Trinajstić information content (AvgIpc) is 2.97. The van der Waals surface area contributed by atoms with Crippen LogP contribution in [0, 0.1) is 5.92 Å². The average molecular weight is 281 g/mol. The van der Waals surface area contributed by atoms with Gasteiger partial charge in [-0.3, -0.25) is 4.79 Å². The SMILES string of the molecule is CCCC(CC(=O)NCCCC(C)CO)n1ccnc1. The molecule has 0 spiro atoms. The molecule has 0 aliphatic rings. The number of rotatable bonds is 10. The second-order valence-electron chi connectivity index (χ2n) is 5.44. The summed E-state index contributed by atoms with van der Waals surface area (Å²) in [5, 5.41) is 11.9. The highest BCUT2D eigenvalue weighted by atomic mass is 16.3. The van der Waals surface area contributed by atoms with Crippen molar-refractivity contribution in [2.24, 2.45) is 5.92 Å². The van der Waals surface area contributed by atoms with Gasteiger partial charge in [-0.25, -0.2) is 4.98 Å². The van der Waals surface area contributed by atoms with Gasteiger partial charge < -0.3 is 15.0 Å². The maximum atomic E-state index is 11.9. The van der Waals surface area contributed by atoms with Crippen molar-refractivity contribution < 1.29 is 9.90 Å². The van der Waals surface area contributed by atoms with E-state index in [1.54, 1.807) is 12.5 Å². The molecule has 1 amide bonds. The van der Waals surface area contributed by atoms with Crippen molar-refractivity contribution >= 4 is 5.91 Å². The Morgan fingerprint density at radius 2 is 2.25 bits per heavy atom. The Hall–Kier alpha value is -1.36. The lowest BCUT2D eigenvalue weighted by Gasteiger charge is -2.17. The van der Waals surface area contributed by atoms with Gasteiger partial charge >= 0.3 is 0 Å². The van der Waals surface area contributed by atoms with E-state index in [4.69, 9.17) is 5.11 Å². The molecule has 1 aromatic heterocycles. The number of carbonyl (C=O) groups excluding carboxylic acids is 1. The van der Waals surface area contributed by atoms with Crippen LogP contribution in [0.15, 0.2) is 18.7 Å². The molecule has 1 rings (SSSR count). The van der Waals surface area contributed by atoms with E-state index in [1.807, 2.05) is 17.7 Å². The first kappa shape index (κ1) is 16.7. The van der Waals surface area contributed by atoms with Crippen LogP contribution in [0.4, 0.5) is 0 Å². The third-order valence-corrected chi connectivity index (χ3v) is 3.50. The number of aromatic nitrogens is 2. The van der Waals surface area contributed by atoms with E-state index >= 15 is 0 Å². The Kier molecular flexibility index (Phi) is 7.95. The van der Waals surface area contributed by atoms with Crippen molar-refractivity contribution in [1.29, 1.82) is 0 Å². The number of carbonyl (C=O) groups is 1. The van der Waals surface area contributed by atoms with E-state index in [0.29, 0.717) is 18.9 Å². The standard InChI is InChI=1S/C15H27N3O2/c1-3-5-14(18-9-8-16-12-18)10-15(20)17-7-4-6-13(2)11-19/h8-9,12-14,19H,3-7,10-11H2,1-2H3,(H,17,20). The monoisotopic (exact) mass is 281 g/mol. The third kappa shape index (κ3) is 6.19. The van der Waals surface area contributed by atoms with Gasteiger partial charge in [0, 0.05) is 38.0 Å². The smallest absolute Gasteiger partial charge is 0.222 e. The first-order chi connectivity index (χ1) is 9.67. The molecule has 0 aliphatic heterocycles. The highest BCUT2D eigenvalue weighted by molar-refractivity contribution is 5.76. The minimum Gasteiger partial charge on any atom is -0.396 e. The van der Waals surface area contributed by atoms with Crippen molar-refractivity contribution in [1.82, 2.24) is 14.9 Å². The fourth-order valence-electron chi connectivity index (χ4n) is 2.23. The Balaban J connectivity index is 2.28. The molecule has 2 N–H and O–H groups in total. The molecule has 0 bridgehead atoms. The van der Waals surface area contributed by atoms with Crippen LogP contribution in [-0.2, 0) is 4.79 Å². The number of amides is 1. The van der Waals surface area contributed by atoms with Crippen molar-refractivity contribution in [3.63, 3.8) is 0 Å². The highest BCUT2D eigenvalue weighted by Gasteiger charge is 2.14. The molecule has 0 fully saturated rings. The number of aliphatic hydroxyl groups is 1. The van der Waals surface area contributed by atoms with Crippen molar-refractivity contribution in [2.45, 2.75) is 52.0 Å². The summed E-state index contributed by atoms with van der Waals surface area (Å²) < 4.78 is 2.01. The van der Waals surface area contributed by atoms with Gasteiger partial charge in [0.2, 0.25) is 5.91 Å². The molecule has 1 aromatic rings. The lowest BCUT2D eigenvalue weighted by atomic mass is 10.1. The zero-order chi connectivity index (χ0) is 14.8. The minimum atomic E-state index is 0.0915. The van der Waals surface area contributed by atoms with Gasteiger partial charge in [-0.15, -0.1) is 0 Å². The molecule has 5 heteroatoms. The maximum Gasteiger partial charge on any atom is 0.222 e. The topological polar surface area (TPSA) is 67.2 Å². The molecule has 2 unspecified atom stereocenters. The van der Waals surface area contributed by atoms with E-state index in [9.17, 15) is 4.79 Å². The summed E-state index contributed by atoms with van der Waals surface area (Å²) in [6, 6.07) is 0.193. The Morgan fingerprint density at radius 3 is 2.85 bits per heavy atom. The fraction of sp³-hybridized carbons (Fsp3) is 0.733. The molecule has 0 radical (unpaired) electrons. The van der Waals surface area contributed by atoms with Gasteiger partial charge in [-0.1, -0.05) is 20.3 Å². The normalized spacial score (nSPS) is 13.9. The molecule has 0 aromatic carbocycles. The van der Waals surface area contributed by atoms with Gasteiger partial charge in [0.25, 0.3) is 0 Å². The number of nitrogens with one attached hydrogen (secondary N) is 1. The molecule has 0 aliphatic carbocycles. The van der Waals surface area contributed by atoms with E-state index in [0.717, 1.165) is 25.7 Å². The molecule has 1 heterocycles. The van der Waals surface area contributed by atoms with E-state index in [2.05, 4.69) is 17.2 Å². The predicted molar refractivity (Wildman–Crippen MR) is 79.3 cm³/mol. The second kappa shape index (κ2) is 9.53. The molecular formula is C15H27N3O2. The van der Waals surface area contributed by atoms with Crippen molar-refractivity contribution in [3.05, 3.63) is 18.7 Å². The van der Waals surface area contributed by atoms with Crippen LogP contribution in [0.25, 0.3) is 0 Å². The number of imidazole rings is 1. The molecule has 0 saturated heterocycles. The van der Waals surface area contributed by atoms with Crippen LogP contribution in [0.1, 0.15) is 52.0 Å². The molecule has 2 atom stereocenters. The minimum absolute atomic E-state index is 0.0915. The summed E-state index contributed by atoms with van der Waals surface area (Å²) >= 11 is 0. The largest absolute Gasteiger partial charge is 0.396 e. The number of hydrogen-bond acceptors (Lipinski definition) is 3. The quantitative estimate of drug-likeness (QED) is 0.646. The van der Waals surface area contributed by atoms with Gasteiger partial charge in [-0.05, 0) is 25.2 Å². The highest BCUT2D eigenvalue weighted by Crippen LogP contribution is 2.17. The van der Waals surface area contributed by atoms with Crippen LogP contribution in [0.3, 0.4) is 0 Å². The Morgan fingerprint density at radius 1 is 1.45 bits per heavy atom. The van der Waals surface area contributed by atoms with Gasteiger partial charge in [0.05, 0.1) is 6.33 Å². The van der Waals surface area contributed by atoms with Crippen LogP contribution in [0.5, 0.6) is 0 Å². The van der Waals surface area contributed by atoms with Crippen molar-refractivity contribution in [3.8, 4) is 0 Å². The molecule has 20 heavy (non-hydrogen) atoms. The van der Waals surface area contributed by atoms with E-state index < -0.39 is 0 Å². The zero-order valence-corrected chi connectivity index (χ0v) is 12.6. The van der Waals surface area contributed by atoms with Gasteiger partial charge in [-0.2, -0.15) is 0 Å². The van der Waals surface area contributed by atoms with Crippen LogP contribution < -0.4 is 5.32 Å². The number of hydrogen-bond donors (Lipinski definition) is 2. The Labute approximate surface area is 121 Å². The Bertz CT molecular complexity index is 365. The first-order valence-electron chi connectivity index (χ1n) is 7.52. The van der Waals surface area contributed by atoms with Crippen LogP contribution in [-0.4, -0.2) is 33.7 Å². The summed E-state index contributed by atoms with van der Waals surface area (Å²) in [6.07, 6.45) is 9.81. The summed E-state index contributed by atoms with van der Waals surface area (Å²) in [5.41, 5.74) is 0. The molecule has 114 valence electrons. The van der Waals surface area contributed by atoms with E-state index in [1.165, 1.54) is 0 Å². The second-order valence-corrected chi connectivity index (χ2v) is 5.44. The summed E-state index contributed by atoms with van der Waals surface area (Å²) in [6.45, 7) is 5.04. The first-order valence-corrected chi connectivity index (χ1v) is 7.52. The predicted octanol–water partition coefficient (Wildman–Crippen LogP) is 2.14. The van der Waals surface area contributed by atoms with Crippen molar-refractivity contribution in [2.75, 3.05) is 13.2 Å².